The molecule has 0 spiro atoms. The van der Waals surface area contributed by atoms with Crippen molar-refractivity contribution in [1.29, 1.82) is 0 Å². The van der Waals surface area contributed by atoms with Crippen LogP contribution in [-0.2, 0) is 9.52 Å². The number of carbonyl (C=O) groups excluding carboxylic acids is 1. The zero-order valence-corrected chi connectivity index (χ0v) is 11.0. The van der Waals surface area contributed by atoms with Crippen molar-refractivity contribution in [3.63, 3.8) is 0 Å². The minimum absolute atomic E-state index is 0.170. The van der Waals surface area contributed by atoms with Crippen molar-refractivity contribution in [2.45, 2.75) is 0 Å². The zero-order chi connectivity index (χ0) is 10.8. The molecule has 1 aromatic rings. The fraction of sp³-hybridized carbons (Fsp3) is 0.200. The first-order chi connectivity index (χ1) is 6.38. The molecule has 0 aliphatic rings. The molecule has 1 aromatic carbocycles. The van der Waals surface area contributed by atoms with Gasteiger partial charge in [0, 0.05) is 27.0 Å². The largest absolute Gasteiger partial charge is 0.289 e. The van der Waals surface area contributed by atoms with Gasteiger partial charge in [-0.05, 0) is 56.4 Å². The van der Waals surface area contributed by atoms with Crippen LogP contribution in [0.25, 0.3) is 0 Å². The van der Waals surface area contributed by atoms with E-state index in [0.717, 1.165) is 3.57 Å². The molecule has 0 unspecified atom stereocenters. The first-order valence-electron chi connectivity index (χ1n) is 3.97. The zero-order valence-electron chi connectivity index (χ0n) is 7.99. The van der Waals surface area contributed by atoms with Gasteiger partial charge in [-0.25, -0.2) is 0 Å². The third-order valence-corrected chi connectivity index (χ3v) is 3.02. The Bertz CT molecular complexity index is 446. The van der Waals surface area contributed by atoms with Crippen molar-refractivity contribution >= 4 is 43.3 Å². The highest BCUT2D eigenvalue weighted by Crippen LogP contribution is 2.06. The number of rotatable bonds is 2. The first kappa shape index (κ1) is 11.7. The monoisotopic (exact) mass is 322 g/mol. The molecule has 0 saturated carbocycles. The van der Waals surface area contributed by atoms with E-state index in [0.29, 0.717) is 5.56 Å². The topological polar surface area (TPSA) is 34.1 Å². The van der Waals surface area contributed by atoms with Crippen molar-refractivity contribution in [3.05, 3.63) is 33.4 Å². The van der Waals surface area contributed by atoms with Crippen molar-refractivity contribution in [2.24, 2.45) is 0 Å². The number of ketones is 1. The van der Waals surface area contributed by atoms with Gasteiger partial charge in [0.25, 0.3) is 0 Å². The summed E-state index contributed by atoms with van der Waals surface area (Å²) in [4.78, 5) is 11.5. The summed E-state index contributed by atoms with van der Waals surface area (Å²) in [5, 5.41) is 1.29. The van der Waals surface area contributed by atoms with Crippen LogP contribution in [0.3, 0.4) is 0 Å². The second-order valence-electron chi connectivity index (χ2n) is 3.30. The standard InChI is InChI=1S/C10H11IO2S/c1-14(2,13)7-10(12)8-3-5-9(11)6-4-8/h3-7H,1-2H3. The molecule has 0 radical (unpaired) electrons. The van der Waals surface area contributed by atoms with Crippen LogP contribution < -0.4 is 0 Å². The molecular formula is C10H11IO2S. The summed E-state index contributed by atoms with van der Waals surface area (Å²) in [5.74, 6) is -0.170. The molecule has 76 valence electrons. The Labute approximate surface area is 97.9 Å². The van der Waals surface area contributed by atoms with Gasteiger partial charge in [-0.3, -0.25) is 9.00 Å². The van der Waals surface area contributed by atoms with E-state index in [1.807, 2.05) is 12.1 Å². The summed E-state index contributed by atoms with van der Waals surface area (Å²) in [7, 11) is -2.11. The predicted octanol–water partition coefficient (Wildman–Crippen LogP) is 1.82. The molecule has 0 heterocycles. The Hall–Kier alpha value is -0.360. The summed E-state index contributed by atoms with van der Waals surface area (Å²) < 4.78 is 12.4. The maximum absolute atomic E-state index is 11.5. The highest BCUT2D eigenvalue weighted by molar-refractivity contribution is 14.1. The van der Waals surface area contributed by atoms with E-state index in [-0.39, 0.29) is 5.78 Å². The summed E-state index contributed by atoms with van der Waals surface area (Å²) in [5.41, 5.74) is 0.585. The van der Waals surface area contributed by atoms with Gasteiger partial charge in [0.2, 0.25) is 0 Å². The van der Waals surface area contributed by atoms with Gasteiger partial charge >= 0.3 is 0 Å². The van der Waals surface area contributed by atoms with Gasteiger partial charge in [-0.1, -0.05) is 0 Å². The second kappa shape index (κ2) is 4.44. The van der Waals surface area contributed by atoms with Crippen LogP contribution in [0.1, 0.15) is 10.4 Å². The predicted molar refractivity (Wildman–Crippen MR) is 69.5 cm³/mol. The lowest BCUT2D eigenvalue weighted by molar-refractivity contribution is 0.107. The van der Waals surface area contributed by atoms with Crippen LogP contribution in [0.15, 0.2) is 24.3 Å². The van der Waals surface area contributed by atoms with E-state index in [1.165, 1.54) is 5.37 Å². The number of benzene rings is 1. The van der Waals surface area contributed by atoms with E-state index in [1.54, 1.807) is 24.6 Å². The molecule has 0 amide bonds. The molecule has 0 aromatic heterocycles. The van der Waals surface area contributed by atoms with Gasteiger partial charge in [0.1, 0.15) is 0 Å². The van der Waals surface area contributed by atoms with Crippen molar-refractivity contribution in [2.75, 3.05) is 12.5 Å². The Morgan fingerprint density at radius 2 is 1.79 bits per heavy atom. The SMILES string of the molecule is CS(C)(=O)=CC(=O)c1ccc(I)cc1. The molecule has 4 heteroatoms. The maximum atomic E-state index is 11.5. The minimum atomic E-state index is -2.11. The highest BCUT2D eigenvalue weighted by Gasteiger charge is 2.03. The second-order valence-corrected chi connectivity index (χ2v) is 7.40. The maximum Gasteiger partial charge on any atom is 0.193 e. The fourth-order valence-electron chi connectivity index (χ4n) is 0.940. The van der Waals surface area contributed by atoms with E-state index >= 15 is 0 Å². The van der Waals surface area contributed by atoms with Crippen LogP contribution >= 0.6 is 22.6 Å². The highest BCUT2D eigenvalue weighted by atomic mass is 127. The molecule has 0 fully saturated rings. The Kier molecular flexibility index (Phi) is 3.71. The summed E-state index contributed by atoms with van der Waals surface area (Å²) in [6.45, 7) is 0. The molecule has 0 N–H and O–H groups in total. The minimum Gasteiger partial charge on any atom is -0.289 e. The van der Waals surface area contributed by atoms with E-state index < -0.39 is 9.52 Å². The number of hydrogen-bond acceptors (Lipinski definition) is 2. The molecule has 1 rings (SSSR count). The molecular weight excluding hydrogens is 311 g/mol. The van der Waals surface area contributed by atoms with Gasteiger partial charge in [-0.2, -0.15) is 0 Å². The summed E-state index contributed by atoms with van der Waals surface area (Å²) in [6.07, 6.45) is 3.11. The average Bonchev–Trinajstić information content (AvgIpc) is 2.02. The van der Waals surface area contributed by atoms with E-state index in [9.17, 15) is 9.00 Å². The lowest BCUT2D eigenvalue weighted by atomic mass is 10.2. The molecule has 0 aliphatic heterocycles. The van der Waals surface area contributed by atoms with Gasteiger partial charge in [-0.15, -0.1) is 0 Å². The average molecular weight is 322 g/mol. The third-order valence-electron chi connectivity index (χ3n) is 1.52. The molecule has 2 nitrogen and oxygen atoms in total. The van der Waals surface area contributed by atoms with Crippen LogP contribution in [0.5, 0.6) is 0 Å². The number of hydrogen-bond donors (Lipinski definition) is 0. The Morgan fingerprint density at radius 3 is 2.21 bits per heavy atom. The lowest BCUT2D eigenvalue weighted by Gasteiger charge is -1.97. The first-order valence-corrected chi connectivity index (χ1v) is 7.49. The summed E-state index contributed by atoms with van der Waals surface area (Å²) in [6, 6.07) is 7.20. The molecule has 0 bridgehead atoms. The molecule has 0 atom stereocenters. The van der Waals surface area contributed by atoms with Crippen LogP contribution in [0, 0.1) is 3.57 Å². The van der Waals surface area contributed by atoms with Crippen LogP contribution in [0.2, 0.25) is 0 Å². The fourth-order valence-corrected chi connectivity index (χ4v) is 1.95. The third kappa shape index (κ3) is 3.79. The molecule has 14 heavy (non-hydrogen) atoms. The summed E-state index contributed by atoms with van der Waals surface area (Å²) >= 11 is 2.17. The smallest absolute Gasteiger partial charge is 0.193 e. The molecule has 0 aliphatic carbocycles. The quantitative estimate of drug-likeness (QED) is 0.473. The number of carbonyl (C=O) groups is 1. The van der Waals surface area contributed by atoms with Crippen LogP contribution in [-0.4, -0.2) is 27.9 Å². The number of Topliss-reactive ketones (excluding diaryl/α,β-unsaturated/α-hetero) is 1. The van der Waals surface area contributed by atoms with E-state index in [4.69, 9.17) is 0 Å². The van der Waals surface area contributed by atoms with E-state index in [2.05, 4.69) is 22.6 Å². The molecule has 0 saturated heterocycles. The van der Waals surface area contributed by atoms with Crippen LogP contribution in [0.4, 0.5) is 0 Å². The van der Waals surface area contributed by atoms with Gasteiger partial charge in [0.15, 0.2) is 5.78 Å². The van der Waals surface area contributed by atoms with Gasteiger partial charge in [0.05, 0.1) is 0 Å². The van der Waals surface area contributed by atoms with Crippen molar-refractivity contribution in [3.8, 4) is 0 Å². The number of halogens is 1. The Balaban J connectivity index is 3.03. The van der Waals surface area contributed by atoms with Crippen molar-refractivity contribution < 1.29 is 9.00 Å². The lowest BCUT2D eigenvalue weighted by Crippen LogP contribution is -2.08. The Morgan fingerprint density at radius 1 is 1.29 bits per heavy atom. The van der Waals surface area contributed by atoms with Crippen molar-refractivity contribution in [1.82, 2.24) is 0 Å². The van der Waals surface area contributed by atoms with Gasteiger partial charge < -0.3 is 0 Å². The normalized spacial score (nSPS) is 11.1.